The summed E-state index contributed by atoms with van der Waals surface area (Å²) >= 11 is 0. The van der Waals surface area contributed by atoms with Gasteiger partial charge < -0.3 is 5.32 Å². The minimum atomic E-state index is 0.146. The second kappa shape index (κ2) is 3.82. The second-order valence-corrected chi connectivity index (χ2v) is 3.86. The van der Waals surface area contributed by atoms with E-state index in [0.717, 1.165) is 31.4 Å². The van der Waals surface area contributed by atoms with E-state index in [0.29, 0.717) is 0 Å². The molecule has 0 saturated carbocycles. The smallest absolute Gasteiger partial charge is 0.223 e. The highest BCUT2D eigenvalue weighted by Crippen LogP contribution is 2.16. The molecule has 1 N–H and O–H groups in total. The molecule has 0 spiro atoms. The van der Waals surface area contributed by atoms with Crippen LogP contribution >= 0.6 is 0 Å². The maximum atomic E-state index is 11.5. The fourth-order valence-corrected chi connectivity index (χ4v) is 1.89. The van der Waals surface area contributed by atoms with Gasteiger partial charge in [-0.25, -0.2) is 0 Å². The van der Waals surface area contributed by atoms with Gasteiger partial charge in [-0.15, -0.1) is 0 Å². The van der Waals surface area contributed by atoms with Crippen molar-refractivity contribution in [2.75, 3.05) is 6.54 Å². The van der Waals surface area contributed by atoms with Crippen molar-refractivity contribution in [3.8, 4) is 0 Å². The molecule has 1 aromatic rings. The average molecular weight is 193 g/mol. The van der Waals surface area contributed by atoms with E-state index in [4.69, 9.17) is 0 Å². The van der Waals surface area contributed by atoms with Crippen molar-refractivity contribution < 1.29 is 4.79 Å². The Bertz CT molecular complexity index is 332. The molecule has 1 unspecified atom stereocenters. The van der Waals surface area contributed by atoms with Crippen LogP contribution in [-0.2, 0) is 18.3 Å². The van der Waals surface area contributed by atoms with Crippen molar-refractivity contribution in [3.05, 3.63) is 18.0 Å². The van der Waals surface area contributed by atoms with Gasteiger partial charge in [-0.05, 0) is 24.8 Å². The lowest BCUT2D eigenvalue weighted by molar-refractivity contribution is -0.126. The molecule has 1 saturated heterocycles. The van der Waals surface area contributed by atoms with Gasteiger partial charge in [0.2, 0.25) is 5.91 Å². The summed E-state index contributed by atoms with van der Waals surface area (Å²) in [6.45, 7) is 0.836. The molecule has 1 aliphatic heterocycles. The van der Waals surface area contributed by atoms with Gasteiger partial charge in [0.15, 0.2) is 0 Å². The van der Waals surface area contributed by atoms with Gasteiger partial charge in [0.25, 0.3) is 0 Å². The highest BCUT2D eigenvalue weighted by Gasteiger charge is 2.22. The quantitative estimate of drug-likeness (QED) is 0.743. The average Bonchev–Trinajstić information content (AvgIpc) is 2.56. The van der Waals surface area contributed by atoms with Gasteiger partial charge in [-0.1, -0.05) is 0 Å². The molecule has 1 aromatic heterocycles. The third-order valence-electron chi connectivity index (χ3n) is 2.64. The van der Waals surface area contributed by atoms with Crippen molar-refractivity contribution in [2.45, 2.75) is 19.3 Å². The molecule has 76 valence electrons. The first-order chi connectivity index (χ1) is 6.75. The van der Waals surface area contributed by atoms with Crippen molar-refractivity contribution in [1.82, 2.24) is 15.1 Å². The van der Waals surface area contributed by atoms with E-state index in [-0.39, 0.29) is 11.8 Å². The molecular weight excluding hydrogens is 178 g/mol. The van der Waals surface area contributed by atoms with Crippen molar-refractivity contribution in [3.63, 3.8) is 0 Å². The van der Waals surface area contributed by atoms with Crippen molar-refractivity contribution in [2.24, 2.45) is 13.0 Å². The topological polar surface area (TPSA) is 46.9 Å². The molecule has 4 nitrogen and oxygen atoms in total. The number of hydrogen-bond donors (Lipinski definition) is 1. The van der Waals surface area contributed by atoms with Crippen LogP contribution in [0.2, 0.25) is 0 Å². The van der Waals surface area contributed by atoms with Gasteiger partial charge in [-0.2, -0.15) is 5.10 Å². The Labute approximate surface area is 83.3 Å². The number of aromatic nitrogens is 2. The highest BCUT2D eigenvalue weighted by atomic mass is 16.1. The molecule has 1 atom stereocenters. The Morgan fingerprint density at radius 1 is 1.71 bits per heavy atom. The number of aryl methyl sites for hydroxylation is 1. The molecule has 1 amide bonds. The number of carbonyl (C=O) groups is 1. The summed E-state index contributed by atoms with van der Waals surface area (Å²) in [5.41, 5.74) is 1.15. The molecule has 2 heterocycles. The first-order valence-corrected chi connectivity index (χ1v) is 5.01. The van der Waals surface area contributed by atoms with E-state index in [2.05, 4.69) is 10.4 Å². The lowest BCUT2D eigenvalue weighted by atomic mass is 9.93. The highest BCUT2D eigenvalue weighted by molar-refractivity contribution is 5.79. The number of carbonyl (C=O) groups excluding carboxylic acids is 1. The zero-order valence-corrected chi connectivity index (χ0v) is 8.36. The number of amides is 1. The van der Waals surface area contributed by atoms with Crippen LogP contribution in [-0.4, -0.2) is 22.2 Å². The minimum absolute atomic E-state index is 0.146. The Kier molecular flexibility index (Phi) is 2.52. The third kappa shape index (κ3) is 1.95. The monoisotopic (exact) mass is 193 g/mol. The van der Waals surface area contributed by atoms with E-state index >= 15 is 0 Å². The molecule has 14 heavy (non-hydrogen) atoms. The van der Waals surface area contributed by atoms with Crippen molar-refractivity contribution >= 4 is 5.91 Å². The van der Waals surface area contributed by atoms with E-state index in [9.17, 15) is 4.79 Å². The van der Waals surface area contributed by atoms with Crippen molar-refractivity contribution in [1.29, 1.82) is 0 Å². The molecule has 0 aromatic carbocycles. The molecule has 0 aliphatic carbocycles. The maximum Gasteiger partial charge on any atom is 0.223 e. The standard InChI is InChI=1S/C10H15N3O/c1-13-7-8(6-12-13)5-9-3-2-4-11-10(9)14/h6-7,9H,2-5H2,1H3,(H,11,14). The molecule has 4 heteroatoms. The van der Waals surface area contributed by atoms with Gasteiger partial charge in [0, 0.05) is 25.7 Å². The summed E-state index contributed by atoms with van der Waals surface area (Å²) in [5.74, 6) is 0.341. The molecule has 1 fully saturated rings. The van der Waals surface area contributed by atoms with E-state index in [1.54, 1.807) is 4.68 Å². The number of piperidine rings is 1. The summed E-state index contributed by atoms with van der Waals surface area (Å²) in [6.07, 6.45) is 6.72. The number of nitrogens with zero attached hydrogens (tertiary/aromatic N) is 2. The number of hydrogen-bond acceptors (Lipinski definition) is 2. The predicted molar refractivity (Wildman–Crippen MR) is 52.6 cm³/mol. The lowest BCUT2D eigenvalue weighted by Gasteiger charge is -2.20. The molecule has 0 radical (unpaired) electrons. The summed E-state index contributed by atoms with van der Waals surface area (Å²) in [4.78, 5) is 11.5. The summed E-state index contributed by atoms with van der Waals surface area (Å²) < 4.78 is 1.77. The fourth-order valence-electron chi connectivity index (χ4n) is 1.89. The molecule has 0 bridgehead atoms. The van der Waals surface area contributed by atoms with Crippen LogP contribution < -0.4 is 5.32 Å². The predicted octanol–water partition coefficient (Wildman–Crippen LogP) is 0.489. The van der Waals surface area contributed by atoms with Gasteiger partial charge in [-0.3, -0.25) is 9.48 Å². The summed E-state index contributed by atoms with van der Waals surface area (Å²) in [5, 5.41) is 6.99. The van der Waals surface area contributed by atoms with Gasteiger partial charge in [0.05, 0.1) is 6.20 Å². The van der Waals surface area contributed by atoms with E-state index in [1.807, 2.05) is 19.4 Å². The Balaban J connectivity index is 1.99. The zero-order valence-electron chi connectivity index (χ0n) is 8.36. The van der Waals surface area contributed by atoms with Crippen LogP contribution in [0.4, 0.5) is 0 Å². The summed E-state index contributed by atoms with van der Waals surface area (Å²) in [6, 6.07) is 0. The van der Waals surface area contributed by atoms with E-state index in [1.165, 1.54) is 0 Å². The first kappa shape index (κ1) is 9.24. The Morgan fingerprint density at radius 2 is 2.57 bits per heavy atom. The lowest BCUT2D eigenvalue weighted by Crippen LogP contribution is -2.37. The van der Waals surface area contributed by atoms with Crippen LogP contribution in [0.25, 0.3) is 0 Å². The second-order valence-electron chi connectivity index (χ2n) is 3.86. The van der Waals surface area contributed by atoms with E-state index < -0.39 is 0 Å². The van der Waals surface area contributed by atoms with Crippen LogP contribution in [0.15, 0.2) is 12.4 Å². The summed E-state index contributed by atoms with van der Waals surface area (Å²) in [7, 11) is 1.89. The minimum Gasteiger partial charge on any atom is -0.356 e. The fraction of sp³-hybridized carbons (Fsp3) is 0.600. The third-order valence-corrected chi connectivity index (χ3v) is 2.64. The Hall–Kier alpha value is -1.32. The van der Waals surface area contributed by atoms with Gasteiger partial charge >= 0.3 is 0 Å². The van der Waals surface area contributed by atoms with Crippen LogP contribution in [0.1, 0.15) is 18.4 Å². The maximum absolute atomic E-state index is 11.5. The molecular formula is C10H15N3O. The Morgan fingerprint density at radius 3 is 3.21 bits per heavy atom. The normalized spacial score (nSPS) is 22.1. The zero-order chi connectivity index (χ0) is 9.97. The van der Waals surface area contributed by atoms with Crippen LogP contribution in [0.5, 0.6) is 0 Å². The largest absolute Gasteiger partial charge is 0.356 e. The first-order valence-electron chi connectivity index (χ1n) is 5.01. The molecule has 1 aliphatic rings. The SMILES string of the molecule is Cn1cc(CC2CCCNC2=O)cn1. The van der Waals surface area contributed by atoms with Gasteiger partial charge in [0.1, 0.15) is 0 Å². The van der Waals surface area contributed by atoms with Crippen LogP contribution in [0, 0.1) is 5.92 Å². The molecule has 2 rings (SSSR count). The van der Waals surface area contributed by atoms with Crippen LogP contribution in [0.3, 0.4) is 0 Å². The number of rotatable bonds is 2. The number of nitrogens with one attached hydrogen (secondary N) is 1.